The first-order chi connectivity index (χ1) is 15.0. The summed E-state index contributed by atoms with van der Waals surface area (Å²) in [5, 5.41) is 49.4. The molecule has 2 aromatic carbocycles. The molecule has 8 heteroatoms. The summed E-state index contributed by atoms with van der Waals surface area (Å²) in [4.78, 5) is 0. The van der Waals surface area contributed by atoms with Crippen LogP contribution in [0.5, 0.6) is 5.75 Å². The summed E-state index contributed by atoms with van der Waals surface area (Å²) >= 11 is 0. The zero-order chi connectivity index (χ0) is 22.4. The lowest BCUT2D eigenvalue weighted by molar-refractivity contribution is -0.231. The summed E-state index contributed by atoms with van der Waals surface area (Å²) in [6, 6.07) is 14.7. The number of hydrogen-bond donors (Lipinski definition) is 4. The third-order valence-corrected chi connectivity index (χ3v) is 5.34. The average molecular weight is 429 g/mol. The van der Waals surface area contributed by atoms with Gasteiger partial charge in [-0.15, -0.1) is 0 Å². The second-order valence-electron chi connectivity index (χ2n) is 7.44. The Morgan fingerprint density at radius 2 is 1.74 bits per heavy atom. The molecule has 1 saturated heterocycles. The maximum absolute atomic E-state index is 10.4. The number of hydrogen-bond acceptors (Lipinski definition) is 8. The van der Waals surface area contributed by atoms with E-state index in [-0.39, 0.29) is 0 Å². The van der Waals surface area contributed by atoms with Crippen LogP contribution in [0.15, 0.2) is 42.5 Å². The lowest BCUT2D eigenvalue weighted by Crippen LogP contribution is -2.55. The summed E-state index contributed by atoms with van der Waals surface area (Å²) in [6.45, 7) is 0.455. The van der Waals surface area contributed by atoms with Crippen molar-refractivity contribution >= 4 is 0 Å². The fourth-order valence-corrected chi connectivity index (χ4v) is 3.59. The summed E-state index contributed by atoms with van der Waals surface area (Å²) in [5.41, 5.74) is 2.71. The van der Waals surface area contributed by atoms with Gasteiger partial charge in [0.05, 0.1) is 24.8 Å². The Bertz CT molecular complexity index is 894. The van der Waals surface area contributed by atoms with E-state index in [2.05, 4.69) is 6.07 Å². The normalized spacial score (nSPS) is 25.7. The zero-order valence-corrected chi connectivity index (χ0v) is 17.2. The van der Waals surface area contributed by atoms with Crippen molar-refractivity contribution in [2.45, 2.75) is 36.9 Å². The summed E-state index contributed by atoms with van der Waals surface area (Å²) in [5.74, 6) is 0.719. The lowest BCUT2D eigenvalue weighted by atomic mass is 9.89. The van der Waals surface area contributed by atoms with E-state index >= 15 is 0 Å². The molecule has 1 heterocycles. The van der Waals surface area contributed by atoms with Crippen LogP contribution in [0.4, 0.5) is 0 Å². The van der Waals surface area contributed by atoms with E-state index in [1.54, 1.807) is 25.3 Å². The standard InChI is InChI=1S/C23H27NO7/c1-29-8-9-30-18-6-2-14(3-7-18)10-17-11-15(4-5-16(17)12-24)23-22(28)21(27)20(26)19(13-25)31-23/h2-7,11,19-23,25-28H,8-10,13H2,1H3/t19-,20-,21+,22-,23+/m1/s1. The molecule has 0 amide bonds. The zero-order valence-electron chi connectivity index (χ0n) is 17.2. The monoisotopic (exact) mass is 429 g/mol. The molecule has 166 valence electrons. The van der Waals surface area contributed by atoms with Crippen molar-refractivity contribution in [3.8, 4) is 11.8 Å². The Kier molecular flexibility index (Phi) is 7.98. The summed E-state index contributed by atoms with van der Waals surface area (Å²) < 4.78 is 16.2. The first-order valence-corrected chi connectivity index (χ1v) is 10.0. The molecule has 4 N–H and O–H groups in total. The Morgan fingerprint density at radius 1 is 1.00 bits per heavy atom. The van der Waals surface area contributed by atoms with Crippen molar-refractivity contribution in [2.24, 2.45) is 0 Å². The van der Waals surface area contributed by atoms with Gasteiger partial charge in [-0.25, -0.2) is 0 Å². The summed E-state index contributed by atoms with van der Waals surface area (Å²) in [7, 11) is 1.61. The van der Waals surface area contributed by atoms with Gasteiger partial charge in [-0.2, -0.15) is 5.26 Å². The molecule has 0 aromatic heterocycles. The maximum Gasteiger partial charge on any atom is 0.119 e. The number of nitriles is 1. The number of ether oxygens (including phenoxy) is 3. The molecule has 1 aliphatic heterocycles. The molecule has 0 bridgehead atoms. The van der Waals surface area contributed by atoms with Gasteiger partial charge in [-0.3, -0.25) is 0 Å². The van der Waals surface area contributed by atoms with Crippen LogP contribution in [0.3, 0.4) is 0 Å². The molecular weight excluding hydrogens is 402 g/mol. The third kappa shape index (κ3) is 5.40. The topological polar surface area (TPSA) is 132 Å². The molecule has 31 heavy (non-hydrogen) atoms. The van der Waals surface area contributed by atoms with Gasteiger partial charge in [0.15, 0.2) is 0 Å². The molecule has 3 rings (SSSR count). The first kappa shape index (κ1) is 23.2. The molecule has 0 saturated carbocycles. The number of aliphatic hydroxyl groups excluding tert-OH is 4. The van der Waals surface area contributed by atoms with Gasteiger partial charge in [0, 0.05) is 7.11 Å². The van der Waals surface area contributed by atoms with Gasteiger partial charge < -0.3 is 34.6 Å². The third-order valence-electron chi connectivity index (χ3n) is 5.34. The molecular formula is C23H27NO7. The van der Waals surface area contributed by atoms with Crippen LogP contribution in [0, 0.1) is 11.3 Å². The largest absolute Gasteiger partial charge is 0.491 e. The van der Waals surface area contributed by atoms with Crippen molar-refractivity contribution < 1.29 is 34.6 Å². The van der Waals surface area contributed by atoms with Gasteiger partial charge in [-0.05, 0) is 41.3 Å². The fourth-order valence-electron chi connectivity index (χ4n) is 3.59. The Balaban J connectivity index is 1.80. The second kappa shape index (κ2) is 10.7. The van der Waals surface area contributed by atoms with Crippen LogP contribution in [0.25, 0.3) is 0 Å². The second-order valence-corrected chi connectivity index (χ2v) is 7.44. The highest BCUT2D eigenvalue weighted by atomic mass is 16.5. The highest BCUT2D eigenvalue weighted by molar-refractivity contribution is 5.44. The van der Waals surface area contributed by atoms with Gasteiger partial charge in [0.2, 0.25) is 0 Å². The maximum atomic E-state index is 10.4. The van der Waals surface area contributed by atoms with Crippen LogP contribution >= 0.6 is 0 Å². The van der Waals surface area contributed by atoms with Gasteiger partial charge in [0.1, 0.15) is 42.9 Å². The molecule has 5 atom stereocenters. The van der Waals surface area contributed by atoms with E-state index in [0.717, 1.165) is 16.9 Å². The molecule has 0 spiro atoms. The van der Waals surface area contributed by atoms with E-state index in [0.29, 0.717) is 30.8 Å². The van der Waals surface area contributed by atoms with Crippen LogP contribution in [-0.4, -0.2) is 71.8 Å². The molecule has 1 aliphatic rings. The Labute approximate surface area is 180 Å². The van der Waals surface area contributed by atoms with E-state index in [1.165, 1.54) is 0 Å². The van der Waals surface area contributed by atoms with Crippen LogP contribution in [-0.2, 0) is 15.9 Å². The molecule has 0 unspecified atom stereocenters. The number of benzene rings is 2. The van der Waals surface area contributed by atoms with Crippen molar-refractivity contribution in [1.82, 2.24) is 0 Å². The Morgan fingerprint density at radius 3 is 2.39 bits per heavy atom. The lowest BCUT2D eigenvalue weighted by Gasteiger charge is -2.40. The Hall–Kier alpha value is -2.51. The van der Waals surface area contributed by atoms with Crippen LogP contribution in [0.1, 0.15) is 28.4 Å². The minimum absolute atomic E-state index is 0.454. The van der Waals surface area contributed by atoms with E-state index in [4.69, 9.17) is 14.2 Å². The van der Waals surface area contributed by atoms with Gasteiger partial charge >= 0.3 is 0 Å². The van der Waals surface area contributed by atoms with Crippen molar-refractivity contribution in [3.05, 3.63) is 64.7 Å². The van der Waals surface area contributed by atoms with Crippen molar-refractivity contribution in [3.63, 3.8) is 0 Å². The number of nitrogens with zero attached hydrogens (tertiary/aromatic N) is 1. The molecule has 0 radical (unpaired) electrons. The SMILES string of the molecule is COCCOc1ccc(Cc2cc([C@@H]3O[C@H](CO)[C@@H](O)[C@H](O)[C@H]3O)ccc2C#N)cc1. The first-order valence-electron chi connectivity index (χ1n) is 10.0. The predicted octanol–water partition coefficient (Wildman–Crippen LogP) is 0.689. The predicted molar refractivity (Wildman–Crippen MR) is 110 cm³/mol. The fraction of sp³-hybridized carbons (Fsp3) is 0.435. The highest BCUT2D eigenvalue weighted by Crippen LogP contribution is 2.33. The van der Waals surface area contributed by atoms with Crippen molar-refractivity contribution in [1.29, 1.82) is 5.26 Å². The molecule has 2 aromatic rings. The minimum Gasteiger partial charge on any atom is -0.491 e. The average Bonchev–Trinajstić information content (AvgIpc) is 2.79. The summed E-state index contributed by atoms with van der Waals surface area (Å²) in [6.07, 6.45) is -5.72. The van der Waals surface area contributed by atoms with E-state index in [1.807, 2.05) is 24.3 Å². The molecule has 8 nitrogen and oxygen atoms in total. The number of methoxy groups -OCH3 is 1. The quantitative estimate of drug-likeness (QED) is 0.451. The number of aliphatic hydroxyl groups is 4. The molecule has 1 fully saturated rings. The van der Waals surface area contributed by atoms with Crippen LogP contribution in [0.2, 0.25) is 0 Å². The minimum atomic E-state index is -1.46. The highest BCUT2D eigenvalue weighted by Gasteiger charge is 2.44. The van der Waals surface area contributed by atoms with Crippen LogP contribution < -0.4 is 4.74 Å². The number of rotatable bonds is 8. The van der Waals surface area contributed by atoms with Crippen molar-refractivity contribution in [2.75, 3.05) is 26.9 Å². The molecule has 0 aliphatic carbocycles. The van der Waals surface area contributed by atoms with Gasteiger partial charge in [0.25, 0.3) is 0 Å². The van der Waals surface area contributed by atoms with E-state index < -0.39 is 37.1 Å². The smallest absolute Gasteiger partial charge is 0.119 e. The van der Waals surface area contributed by atoms with E-state index in [9.17, 15) is 25.7 Å². The van der Waals surface area contributed by atoms with Gasteiger partial charge in [-0.1, -0.05) is 24.3 Å².